The Labute approximate surface area is 108 Å². The molecule has 0 saturated carbocycles. The quantitative estimate of drug-likeness (QED) is 0.898. The van der Waals surface area contributed by atoms with Crippen molar-refractivity contribution in [1.29, 1.82) is 0 Å². The first-order valence-corrected chi connectivity index (χ1v) is 6.23. The zero-order valence-corrected chi connectivity index (χ0v) is 11.1. The largest absolute Gasteiger partial charge is 0.384 e. The molecule has 3 nitrogen and oxygen atoms in total. The highest BCUT2D eigenvalue weighted by atomic mass is 14.9. The van der Waals surface area contributed by atoms with Crippen LogP contribution in [0.15, 0.2) is 30.3 Å². The molecule has 0 amide bonds. The van der Waals surface area contributed by atoms with E-state index in [1.807, 2.05) is 6.07 Å². The molecule has 94 valence electrons. The molecule has 0 aliphatic rings. The summed E-state index contributed by atoms with van der Waals surface area (Å²) >= 11 is 0. The van der Waals surface area contributed by atoms with Crippen molar-refractivity contribution in [3.8, 4) is 0 Å². The molecule has 2 N–H and O–H groups in total. The summed E-state index contributed by atoms with van der Waals surface area (Å²) in [7, 11) is 0. The van der Waals surface area contributed by atoms with Crippen LogP contribution < -0.4 is 5.73 Å². The van der Waals surface area contributed by atoms with Crippen LogP contribution in [0.2, 0.25) is 0 Å². The smallest absolute Gasteiger partial charge is 0.135 e. The monoisotopic (exact) mass is 241 g/mol. The van der Waals surface area contributed by atoms with Crippen molar-refractivity contribution >= 4 is 5.82 Å². The van der Waals surface area contributed by atoms with Gasteiger partial charge in [-0.25, -0.2) is 9.97 Å². The number of nitrogens with two attached hydrogens (primary N) is 1. The van der Waals surface area contributed by atoms with Gasteiger partial charge in [-0.1, -0.05) is 43.7 Å². The summed E-state index contributed by atoms with van der Waals surface area (Å²) < 4.78 is 0. The molecule has 1 aromatic heterocycles. The third kappa shape index (κ3) is 3.06. The van der Waals surface area contributed by atoms with Crippen LogP contribution in [0.4, 0.5) is 5.82 Å². The van der Waals surface area contributed by atoms with Crippen molar-refractivity contribution in [2.24, 2.45) is 0 Å². The highest BCUT2D eigenvalue weighted by Gasteiger charge is 2.06. The van der Waals surface area contributed by atoms with Crippen LogP contribution in [0, 0.1) is 6.92 Å². The van der Waals surface area contributed by atoms with Crippen molar-refractivity contribution in [2.75, 3.05) is 5.73 Å². The fourth-order valence-corrected chi connectivity index (χ4v) is 1.80. The van der Waals surface area contributed by atoms with Crippen molar-refractivity contribution in [3.05, 3.63) is 53.0 Å². The summed E-state index contributed by atoms with van der Waals surface area (Å²) in [4.78, 5) is 8.86. The van der Waals surface area contributed by atoms with Crippen molar-refractivity contribution in [3.63, 3.8) is 0 Å². The van der Waals surface area contributed by atoms with E-state index in [0.717, 1.165) is 17.9 Å². The lowest BCUT2D eigenvalue weighted by Crippen LogP contribution is -2.05. The molecular weight excluding hydrogens is 222 g/mol. The lowest BCUT2D eigenvalue weighted by molar-refractivity contribution is 0.794. The van der Waals surface area contributed by atoms with Gasteiger partial charge in [-0.15, -0.1) is 0 Å². The molecule has 0 bridgehead atoms. The maximum Gasteiger partial charge on any atom is 0.135 e. The number of aromatic nitrogens is 2. The molecular formula is C15H19N3. The van der Waals surface area contributed by atoms with E-state index in [4.69, 9.17) is 5.73 Å². The summed E-state index contributed by atoms with van der Waals surface area (Å²) in [5.41, 5.74) is 9.30. The number of rotatable bonds is 3. The molecule has 1 aromatic carbocycles. The SMILES string of the molecule is Cc1ccc(Cc2nc(N)cc(C(C)C)n2)cc1. The first kappa shape index (κ1) is 12.6. The molecule has 2 rings (SSSR count). The lowest BCUT2D eigenvalue weighted by atomic mass is 10.1. The Kier molecular flexibility index (Phi) is 3.60. The van der Waals surface area contributed by atoms with Gasteiger partial charge in [-0.05, 0) is 18.4 Å². The van der Waals surface area contributed by atoms with Crippen LogP contribution in [0.5, 0.6) is 0 Å². The molecule has 0 fully saturated rings. The van der Waals surface area contributed by atoms with Gasteiger partial charge >= 0.3 is 0 Å². The fraction of sp³-hybridized carbons (Fsp3) is 0.333. The van der Waals surface area contributed by atoms with Gasteiger partial charge in [0, 0.05) is 18.2 Å². The lowest BCUT2D eigenvalue weighted by Gasteiger charge is -2.08. The normalized spacial score (nSPS) is 10.9. The Bertz CT molecular complexity index is 530. The predicted octanol–water partition coefficient (Wildman–Crippen LogP) is 3.08. The number of benzene rings is 1. The second kappa shape index (κ2) is 5.17. The highest BCUT2D eigenvalue weighted by Crippen LogP contribution is 2.15. The van der Waals surface area contributed by atoms with E-state index in [1.165, 1.54) is 11.1 Å². The Hall–Kier alpha value is -1.90. The average molecular weight is 241 g/mol. The van der Waals surface area contributed by atoms with Crippen LogP contribution in [0.3, 0.4) is 0 Å². The third-order valence-electron chi connectivity index (χ3n) is 2.89. The summed E-state index contributed by atoms with van der Waals surface area (Å²) in [6, 6.07) is 10.3. The Morgan fingerprint density at radius 2 is 1.78 bits per heavy atom. The number of nitrogens with zero attached hydrogens (tertiary/aromatic N) is 2. The summed E-state index contributed by atoms with van der Waals surface area (Å²) in [5, 5.41) is 0. The number of nitrogen functional groups attached to an aromatic ring is 1. The summed E-state index contributed by atoms with van der Waals surface area (Å²) in [6.45, 7) is 6.30. The van der Waals surface area contributed by atoms with Crippen LogP contribution >= 0.6 is 0 Å². The molecule has 0 spiro atoms. The van der Waals surface area contributed by atoms with E-state index in [9.17, 15) is 0 Å². The maximum absolute atomic E-state index is 5.82. The minimum atomic E-state index is 0.368. The number of aryl methyl sites for hydroxylation is 1. The standard InChI is InChI=1S/C15H19N3/c1-10(2)13-9-14(16)18-15(17-13)8-12-6-4-11(3)5-7-12/h4-7,9-10H,8H2,1-3H3,(H2,16,17,18). The highest BCUT2D eigenvalue weighted by molar-refractivity contribution is 5.32. The van der Waals surface area contributed by atoms with E-state index in [2.05, 4.69) is 55.0 Å². The molecule has 0 atom stereocenters. The molecule has 0 aliphatic heterocycles. The van der Waals surface area contributed by atoms with E-state index < -0.39 is 0 Å². The molecule has 0 saturated heterocycles. The zero-order valence-electron chi connectivity index (χ0n) is 11.1. The average Bonchev–Trinajstić information content (AvgIpc) is 2.31. The molecule has 0 aliphatic carbocycles. The first-order chi connectivity index (χ1) is 8.54. The molecule has 2 aromatic rings. The Balaban J connectivity index is 2.26. The van der Waals surface area contributed by atoms with Gasteiger partial charge < -0.3 is 5.73 Å². The molecule has 18 heavy (non-hydrogen) atoms. The third-order valence-corrected chi connectivity index (χ3v) is 2.89. The predicted molar refractivity (Wildman–Crippen MR) is 74.5 cm³/mol. The van der Waals surface area contributed by atoms with Gasteiger partial charge in [0.1, 0.15) is 11.6 Å². The fourth-order valence-electron chi connectivity index (χ4n) is 1.80. The topological polar surface area (TPSA) is 51.8 Å². The molecule has 3 heteroatoms. The second-order valence-electron chi connectivity index (χ2n) is 4.95. The van der Waals surface area contributed by atoms with Crippen molar-refractivity contribution in [1.82, 2.24) is 9.97 Å². The van der Waals surface area contributed by atoms with Gasteiger partial charge in [-0.3, -0.25) is 0 Å². The Morgan fingerprint density at radius 3 is 2.39 bits per heavy atom. The van der Waals surface area contributed by atoms with E-state index in [1.54, 1.807) is 0 Å². The molecule has 0 unspecified atom stereocenters. The minimum Gasteiger partial charge on any atom is -0.384 e. The van der Waals surface area contributed by atoms with Crippen LogP contribution in [0.1, 0.15) is 42.4 Å². The summed E-state index contributed by atoms with van der Waals surface area (Å²) in [6.07, 6.45) is 0.727. The van der Waals surface area contributed by atoms with Gasteiger partial charge in [-0.2, -0.15) is 0 Å². The number of hydrogen-bond donors (Lipinski definition) is 1. The number of hydrogen-bond acceptors (Lipinski definition) is 3. The van der Waals surface area contributed by atoms with Crippen molar-refractivity contribution in [2.45, 2.75) is 33.1 Å². The van der Waals surface area contributed by atoms with Crippen LogP contribution in [-0.4, -0.2) is 9.97 Å². The Morgan fingerprint density at radius 1 is 1.11 bits per heavy atom. The number of anilines is 1. The molecule has 0 radical (unpaired) electrons. The van der Waals surface area contributed by atoms with Gasteiger partial charge in [0.25, 0.3) is 0 Å². The molecule has 1 heterocycles. The van der Waals surface area contributed by atoms with Gasteiger partial charge in [0.05, 0.1) is 0 Å². The van der Waals surface area contributed by atoms with Gasteiger partial charge in [0.15, 0.2) is 0 Å². The summed E-state index contributed by atoms with van der Waals surface area (Å²) in [5.74, 6) is 1.71. The van der Waals surface area contributed by atoms with E-state index >= 15 is 0 Å². The minimum absolute atomic E-state index is 0.368. The van der Waals surface area contributed by atoms with Crippen LogP contribution in [0.25, 0.3) is 0 Å². The van der Waals surface area contributed by atoms with Gasteiger partial charge in [0.2, 0.25) is 0 Å². The first-order valence-electron chi connectivity index (χ1n) is 6.23. The van der Waals surface area contributed by atoms with Crippen LogP contribution in [-0.2, 0) is 6.42 Å². The van der Waals surface area contributed by atoms with E-state index in [0.29, 0.717) is 11.7 Å². The zero-order chi connectivity index (χ0) is 13.1. The second-order valence-corrected chi connectivity index (χ2v) is 4.95. The van der Waals surface area contributed by atoms with Crippen molar-refractivity contribution < 1.29 is 0 Å². The maximum atomic E-state index is 5.82. The van der Waals surface area contributed by atoms with E-state index in [-0.39, 0.29) is 0 Å².